The van der Waals surface area contributed by atoms with Gasteiger partial charge in [0, 0.05) is 20.0 Å². The van der Waals surface area contributed by atoms with Gasteiger partial charge in [0.25, 0.3) is 5.56 Å². The second-order valence-corrected chi connectivity index (χ2v) is 4.20. The second-order valence-electron chi connectivity index (χ2n) is 3.77. The molecule has 6 heteroatoms. The number of hydrogen-bond acceptors (Lipinski definition) is 3. The number of hydrogen-bond donors (Lipinski definition) is 0. The third kappa shape index (κ3) is 1.51. The summed E-state index contributed by atoms with van der Waals surface area (Å²) in [6.07, 6.45) is 1.13. The molecule has 0 saturated carbocycles. The van der Waals surface area contributed by atoms with E-state index in [1.807, 2.05) is 6.92 Å². The van der Waals surface area contributed by atoms with Crippen molar-refractivity contribution >= 4 is 22.6 Å². The first-order chi connectivity index (χ1) is 7.56. The van der Waals surface area contributed by atoms with E-state index in [0.717, 1.165) is 11.0 Å². The van der Waals surface area contributed by atoms with Crippen LogP contribution in [0.25, 0.3) is 0 Å². The van der Waals surface area contributed by atoms with Crippen LogP contribution in [0.5, 0.6) is 0 Å². The van der Waals surface area contributed by atoms with Crippen LogP contribution in [0.2, 0.25) is 0 Å². The van der Waals surface area contributed by atoms with Gasteiger partial charge in [-0.1, -0.05) is 18.5 Å². The summed E-state index contributed by atoms with van der Waals surface area (Å²) in [6.45, 7) is 2.51. The first-order valence-corrected chi connectivity index (χ1v) is 5.49. The highest BCUT2D eigenvalue weighted by Crippen LogP contribution is 2.23. The molecule has 0 N–H and O–H groups in total. The molecule has 5 nitrogen and oxygen atoms in total. The maximum absolute atomic E-state index is 11.9. The van der Waals surface area contributed by atoms with Gasteiger partial charge in [-0.2, -0.15) is 0 Å². The number of nitrogens with zero attached hydrogens (tertiary/aromatic N) is 3. The van der Waals surface area contributed by atoms with Crippen LogP contribution in [0.4, 0.5) is 5.82 Å². The lowest BCUT2D eigenvalue weighted by Crippen LogP contribution is -2.39. The molecule has 0 amide bonds. The summed E-state index contributed by atoms with van der Waals surface area (Å²) in [4.78, 5) is 27.7. The van der Waals surface area contributed by atoms with Crippen LogP contribution in [0.1, 0.15) is 18.9 Å². The molecule has 0 atom stereocenters. The Bertz CT molecular complexity index is 583. The van der Waals surface area contributed by atoms with Gasteiger partial charge in [0.05, 0.1) is 5.56 Å². The molecule has 1 aromatic heterocycles. The Balaban J connectivity index is 2.79. The van der Waals surface area contributed by atoms with E-state index >= 15 is 0 Å². The van der Waals surface area contributed by atoms with E-state index in [2.05, 4.69) is 4.99 Å². The summed E-state index contributed by atoms with van der Waals surface area (Å²) in [7, 11) is 1.48. The fraction of sp³-hybridized carbons (Fsp3) is 0.500. The van der Waals surface area contributed by atoms with Gasteiger partial charge in [-0.3, -0.25) is 13.9 Å². The van der Waals surface area contributed by atoms with Crippen molar-refractivity contribution in [3.8, 4) is 0 Å². The van der Waals surface area contributed by atoms with Crippen LogP contribution >= 0.6 is 11.6 Å². The highest BCUT2D eigenvalue weighted by atomic mass is 35.5. The van der Waals surface area contributed by atoms with Crippen molar-refractivity contribution in [3.63, 3.8) is 0 Å². The van der Waals surface area contributed by atoms with Crippen LogP contribution in [0.15, 0.2) is 14.6 Å². The van der Waals surface area contributed by atoms with E-state index in [1.54, 1.807) is 0 Å². The molecule has 2 rings (SSSR count). The zero-order chi connectivity index (χ0) is 11.9. The lowest BCUT2D eigenvalue weighted by molar-refractivity contribution is 0.591. The summed E-state index contributed by atoms with van der Waals surface area (Å²) in [5.74, 6) is 0.431. The van der Waals surface area contributed by atoms with Gasteiger partial charge in [-0.25, -0.2) is 9.79 Å². The third-order valence-corrected chi connectivity index (χ3v) is 2.82. The Kier molecular flexibility index (Phi) is 2.71. The van der Waals surface area contributed by atoms with Gasteiger partial charge in [0.15, 0.2) is 0 Å². The SMILES string of the molecule is CCCn1c2c(c(=O)n(C)c1=O)CC(Cl)=N2. The van der Waals surface area contributed by atoms with E-state index < -0.39 is 0 Å². The molecule has 0 saturated heterocycles. The number of fused-ring (bicyclic) bond motifs is 1. The predicted molar refractivity (Wildman–Crippen MR) is 62.9 cm³/mol. The lowest BCUT2D eigenvalue weighted by Gasteiger charge is -2.10. The Morgan fingerprint density at radius 2 is 2.12 bits per heavy atom. The molecular weight excluding hydrogens is 230 g/mol. The number of rotatable bonds is 2. The molecule has 1 aliphatic heterocycles. The minimum atomic E-state index is -0.333. The van der Waals surface area contributed by atoms with E-state index in [9.17, 15) is 9.59 Å². The van der Waals surface area contributed by atoms with Gasteiger partial charge >= 0.3 is 5.69 Å². The summed E-state index contributed by atoms with van der Waals surface area (Å²) >= 11 is 5.81. The average Bonchev–Trinajstić information content (AvgIpc) is 2.63. The molecule has 16 heavy (non-hydrogen) atoms. The summed E-state index contributed by atoms with van der Waals surface area (Å²) in [6, 6.07) is 0. The highest BCUT2D eigenvalue weighted by Gasteiger charge is 2.22. The predicted octanol–water partition coefficient (Wildman–Crippen LogP) is 0.782. The largest absolute Gasteiger partial charge is 0.332 e. The quantitative estimate of drug-likeness (QED) is 0.769. The molecule has 1 aliphatic rings. The summed E-state index contributed by atoms with van der Waals surface area (Å²) in [5, 5.41) is 0.363. The lowest BCUT2D eigenvalue weighted by atomic mass is 10.2. The van der Waals surface area contributed by atoms with Gasteiger partial charge in [-0.05, 0) is 6.42 Å². The average molecular weight is 242 g/mol. The second kappa shape index (κ2) is 3.90. The summed E-state index contributed by atoms with van der Waals surface area (Å²) < 4.78 is 2.62. The first kappa shape index (κ1) is 11.1. The minimum absolute atomic E-state index is 0.299. The molecule has 0 radical (unpaired) electrons. The molecule has 0 bridgehead atoms. The van der Waals surface area contributed by atoms with Crippen molar-refractivity contribution in [2.75, 3.05) is 0 Å². The van der Waals surface area contributed by atoms with Crippen LogP contribution in [-0.4, -0.2) is 14.3 Å². The maximum atomic E-state index is 11.9. The normalized spacial score (nSPS) is 13.8. The molecule has 0 spiro atoms. The fourth-order valence-electron chi connectivity index (χ4n) is 1.83. The molecule has 2 heterocycles. The zero-order valence-corrected chi connectivity index (χ0v) is 9.91. The Morgan fingerprint density at radius 1 is 1.44 bits per heavy atom. The molecule has 0 aromatic carbocycles. The topological polar surface area (TPSA) is 56.4 Å². The van der Waals surface area contributed by atoms with Gasteiger partial charge in [-0.15, -0.1) is 0 Å². The Hall–Kier alpha value is -1.36. The molecular formula is C10H12ClN3O2. The van der Waals surface area contributed by atoms with Crippen LogP contribution in [-0.2, 0) is 20.0 Å². The Labute approximate surface area is 97.0 Å². The number of aliphatic imine (C=N–C) groups is 1. The van der Waals surface area contributed by atoms with Crippen molar-refractivity contribution in [1.82, 2.24) is 9.13 Å². The number of halogens is 1. The van der Waals surface area contributed by atoms with E-state index in [-0.39, 0.29) is 11.2 Å². The van der Waals surface area contributed by atoms with E-state index in [4.69, 9.17) is 11.6 Å². The van der Waals surface area contributed by atoms with Crippen molar-refractivity contribution in [3.05, 3.63) is 26.4 Å². The standard InChI is InChI=1S/C10H12ClN3O2/c1-3-4-14-8-6(5-7(11)12-8)9(15)13(2)10(14)16/h3-5H2,1-2H3. The van der Waals surface area contributed by atoms with Crippen LogP contribution < -0.4 is 11.2 Å². The zero-order valence-electron chi connectivity index (χ0n) is 9.16. The Morgan fingerprint density at radius 3 is 2.75 bits per heavy atom. The third-order valence-electron chi connectivity index (χ3n) is 2.60. The van der Waals surface area contributed by atoms with Gasteiger partial charge in [0.1, 0.15) is 11.0 Å². The van der Waals surface area contributed by atoms with Crippen LogP contribution in [0, 0.1) is 0 Å². The van der Waals surface area contributed by atoms with Crippen molar-refractivity contribution in [2.24, 2.45) is 12.0 Å². The van der Waals surface area contributed by atoms with Crippen LogP contribution in [0.3, 0.4) is 0 Å². The molecule has 86 valence electrons. The van der Waals surface area contributed by atoms with Crippen molar-refractivity contribution in [1.29, 1.82) is 0 Å². The van der Waals surface area contributed by atoms with Crippen molar-refractivity contribution in [2.45, 2.75) is 26.3 Å². The summed E-state index contributed by atoms with van der Waals surface area (Å²) in [5.41, 5.74) is -0.118. The molecule has 0 fully saturated rings. The first-order valence-electron chi connectivity index (χ1n) is 5.12. The molecule has 1 aromatic rings. The van der Waals surface area contributed by atoms with Gasteiger partial charge in [0.2, 0.25) is 0 Å². The van der Waals surface area contributed by atoms with E-state index in [0.29, 0.717) is 29.5 Å². The fourth-order valence-corrected chi connectivity index (χ4v) is 2.04. The number of aromatic nitrogens is 2. The van der Waals surface area contributed by atoms with Crippen molar-refractivity contribution < 1.29 is 0 Å². The van der Waals surface area contributed by atoms with Gasteiger partial charge < -0.3 is 0 Å². The smallest absolute Gasteiger partial charge is 0.278 e. The maximum Gasteiger partial charge on any atom is 0.332 e. The molecule has 0 aliphatic carbocycles. The molecule has 0 unspecified atom stereocenters. The van der Waals surface area contributed by atoms with E-state index in [1.165, 1.54) is 11.6 Å². The highest BCUT2D eigenvalue weighted by molar-refractivity contribution is 6.66. The monoisotopic (exact) mass is 241 g/mol. The minimum Gasteiger partial charge on any atom is -0.278 e.